The van der Waals surface area contributed by atoms with Crippen molar-refractivity contribution in [1.29, 1.82) is 0 Å². The van der Waals surface area contributed by atoms with Crippen molar-refractivity contribution in [2.75, 3.05) is 0 Å². The second-order valence-electron chi connectivity index (χ2n) is 15.4. The predicted molar refractivity (Wildman–Crippen MR) is 168 cm³/mol. The summed E-state index contributed by atoms with van der Waals surface area (Å²) in [6, 6.07) is 16.8. The van der Waals surface area contributed by atoms with Crippen LogP contribution in [-0.4, -0.2) is 40.3 Å². The number of benzene rings is 2. The summed E-state index contributed by atoms with van der Waals surface area (Å²) in [5.74, 6) is 1.71. The van der Waals surface area contributed by atoms with E-state index in [0.29, 0.717) is 37.0 Å². The third-order valence-corrected chi connectivity index (χ3v) is 15.6. The molecule has 6 rings (SSSR count). The molecule has 0 spiro atoms. The first-order chi connectivity index (χ1) is 21.5. The van der Waals surface area contributed by atoms with Crippen molar-refractivity contribution < 1.29 is 56.8 Å². The number of hydrogen-bond donors (Lipinski definition) is 1. The number of halogens is 4. The quantitative estimate of drug-likeness (QED) is 0.123. The standard InChI is InChI=1S/C36H47F3IO5S/c1-6-33(3,4)44-26-14-10-24(11-15-26)40-25-12-16-27(17-13-25)45-34(5,7-2)21-35-19-28(30-22-8-9-23(18-22)31(30)35)29(20-35)32(37)36(38,39)46(41,42)43/h10-17,22-23,28-32H,6-9,18-21H2,1-5H3,(H,41,42,43)/q-1/p+1. The van der Waals surface area contributed by atoms with E-state index >= 15 is 4.39 Å². The minimum absolute atomic E-state index is 0.0795. The molecule has 9 unspecified atom stereocenters. The molecule has 2 N–H and O–H groups in total. The summed E-state index contributed by atoms with van der Waals surface area (Å²) in [4.78, 5) is 0. The third-order valence-electron chi connectivity index (χ3n) is 12.1. The summed E-state index contributed by atoms with van der Waals surface area (Å²) in [5.41, 5.74) is -1.07. The van der Waals surface area contributed by atoms with E-state index < -0.39 is 33.1 Å². The van der Waals surface area contributed by atoms with E-state index in [9.17, 15) is 21.8 Å². The molecular formula is C36H48F3IO5S. The van der Waals surface area contributed by atoms with Gasteiger partial charge in [-0.15, -0.1) is 0 Å². The minimum atomic E-state index is -5.86. The molecule has 256 valence electrons. The summed E-state index contributed by atoms with van der Waals surface area (Å²) < 4.78 is 91.2. The van der Waals surface area contributed by atoms with Crippen LogP contribution in [0, 0.1) is 48.1 Å². The molecule has 4 aliphatic rings. The molecule has 2 aromatic rings. The molecule has 0 saturated heterocycles. The molecule has 4 aliphatic carbocycles. The van der Waals surface area contributed by atoms with E-state index in [2.05, 4.69) is 71.0 Å². The van der Waals surface area contributed by atoms with Crippen LogP contribution in [0.1, 0.15) is 86.0 Å². The summed E-state index contributed by atoms with van der Waals surface area (Å²) in [5, 5.41) is -4.81. The number of aromatic hydroxyl groups is 1. The molecule has 2 aromatic carbocycles. The maximum absolute atomic E-state index is 15.5. The van der Waals surface area contributed by atoms with Gasteiger partial charge in [-0.1, -0.05) is 0 Å². The van der Waals surface area contributed by atoms with Crippen molar-refractivity contribution in [3.63, 3.8) is 0 Å². The van der Waals surface area contributed by atoms with Crippen LogP contribution in [0.5, 0.6) is 11.5 Å². The zero-order chi connectivity index (χ0) is 33.3. The van der Waals surface area contributed by atoms with Crippen molar-refractivity contribution in [2.24, 2.45) is 40.9 Å². The van der Waals surface area contributed by atoms with E-state index in [1.807, 2.05) is 12.1 Å². The van der Waals surface area contributed by atoms with Gasteiger partial charge in [0, 0.05) is 0 Å². The van der Waals surface area contributed by atoms with Crippen LogP contribution >= 0.6 is 0 Å². The zero-order valence-corrected chi connectivity index (χ0v) is 30.3. The molecule has 4 fully saturated rings. The Morgan fingerprint density at radius 3 is 2.17 bits per heavy atom. The van der Waals surface area contributed by atoms with Crippen molar-refractivity contribution in [3.05, 3.63) is 55.7 Å². The van der Waals surface area contributed by atoms with E-state index in [4.69, 9.17) is 9.47 Å². The first kappa shape index (κ1) is 34.3. The Kier molecular flexibility index (Phi) is 9.04. The van der Waals surface area contributed by atoms with Crippen molar-refractivity contribution in [1.82, 2.24) is 0 Å². The Labute approximate surface area is 282 Å². The summed E-state index contributed by atoms with van der Waals surface area (Å²) in [7, 11) is -5.86. The molecule has 46 heavy (non-hydrogen) atoms. The first-order valence-corrected chi connectivity index (χ1v) is 20.4. The number of aliphatic hydroxyl groups is 1. The van der Waals surface area contributed by atoms with Gasteiger partial charge in [0.25, 0.3) is 0 Å². The first-order valence-electron chi connectivity index (χ1n) is 16.8. The molecule has 0 aliphatic heterocycles. The van der Waals surface area contributed by atoms with Gasteiger partial charge in [-0.3, -0.25) is 4.55 Å². The number of ether oxygens (including phenoxy) is 2. The van der Waals surface area contributed by atoms with Crippen molar-refractivity contribution in [3.8, 4) is 11.5 Å². The number of rotatable bonds is 13. The van der Waals surface area contributed by atoms with Crippen LogP contribution in [0.15, 0.2) is 48.5 Å². The van der Waals surface area contributed by atoms with Crippen LogP contribution in [-0.2, 0) is 10.1 Å². The average Bonchev–Trinajstić information content (AvgIpc) is 3.78. The van der Waals surface area contributed by atoms with Gasteiger partial charge < -0.3 is 0 Å². The van der Waals surface area contributed by atoms with Gasteiger partial charge in [0.1, 0.15) is 0 Å². The summed E-state index contributed by atoms with van der Waals surface area (Å²) >= 11 is -0.384. The third kappa shape index (κ3) is 6.21. The Hall–Kier alpha value is -1.53. The fraction of sp³-hybridized carbons (Fsp3) is 0.667. The van der Waals surface area contributed by atoms with Gasteiger partial charge in [0.05, 0.1) is 0 Å². The van der Waals surface area contributed by atoms with Crippen molar-refractivity contribution >= 4 is 10.1 Å². The molecule has 5 nitrogen and oxygen atoms in total. The average molecular weight is 777 g/mol. The fourth-order valence-electron chi connectivity index (χ4n) is 9.81. The molecule has 0 amide bonds. The SMILES string of the molecule is CCC(C)(CC12CC(C(C(F)C(F)(F)S(=O)(=O)O)C1)C1C3CCC(C3)C12)Oc1ccc([I-]c2ccc([OH+]C(C)(C)CC)cc2)cc1. The Bertz CT molecular complexity index is 1520. The molecule has 0 radical (unpaired) electrons. The van der Waals surface area contributed by atoms with E-state index in [-0.39, 0.29) is 50.5 Å². The van der Waals surface area contributed by atoms with Crippen LogP contribution < -0.4 is 25.9 Å². The molecule has 10 heteroatoms. The van der Waals surface area contributed by atoms with E-state index in [1.54, 1.807) is 0 Å². The Morgan fingerprint density at radius 1 is 0.978 bits per heavy atom. The second kappa shape index (κ2) is 12.1. The van der Waals surface area contributed by atoms with Gasteiger partial charge in [-0.2, -0.15) is 17.2 Å². The monoisotopic (exact) mass is 776 g/mol. The number of fused-ring (bicyclic) bond motifs is 9. The molecule has 0 heterocycles. The number of hydrogen-bond acceptors (Lipinski definition) is 3. The number of alkyl halides is 3. The maximum atomic E-state index is 15.5. The molecule has 9 atom stereocenters. The van der Waals surface area contributed by atoms with Gasteiger partial charge in [0.15, 0.2) is 0 Å². The van der Waals surface area contributed by atoms with Gasteiger partial charge in [-0.25, -0.2) is 0 Å². The van der Waals surface area contributed by atoms with Gasteiger partial charge >= 0.3 is 262 Å². The molecule has 0 aromatic heterocycles. The topological polar surface area (TPSA) is 76.4 Å². The van der Waals surface area contributed by atoms with Crippen LogP contribution in [0.25, 0.3) is 0 Å². The predicted octanol–water partition coefficient (Wildman–Crippen LogP) is 5.69. The normalized spacial score (nSPS) is 32.4. The van der Waals surface area contributed by atoms with Crippen molar-refractivity contribution in [2.45, 2.75) is 109 Å². The Morgan fingerprint density at radius 2 is 1.59 bits per heavy atom. The van der Waals surface area contributed by atoms with Gasteiger partial charge in [0.2, 0.25) is 0 Å². The van der Waals surface area contributed by atoms with E-state index in [1.165, 1.54) is 7.14 Å². The van der Waals surface area contributed by atoms with E-state index in [0.717, 1.165) is 37.2 Å². The summed E-state index contributed by atoms with van der Waals surface area (Å²) in [6.07, 6.45) is 3.38. The zero-order valence-electron chi connectivity index (χ0n) is 27.4. The molecule has 4 bridgehead atoms. The van der Waals surface area contributed by atoms with Crippen LogP contribution in [0.4, 0.5) is 13.2 Å². The fourth-order valence-corrected chi connectivity index (χ4v) is 12.4. The second-order valence-corrected chi connectivity index (χ2v) is 19.9. The molecule has 4 saturated carbocycles. The van der Waals surface area contributed by atoms with Gasteiger partial charge in [-0.05, 0) is 0 Å². The van der Waals surface area contributed by atoms with Crippen LogP contribution in [0.2, 0.25) is 0 Å². The Balaban J connectivity index is 1.17. The summed E-state index contributed by atoms with van der Waals surface area (Å²) in [6.45, 7) is 10.6. The van der Waals surface area contributed by atoms with Crippen LogP contribution in [0.3, 0.4) is 0 Å². The molecular weight excluding hydrogens is 728 g/mol.